The summed E-state index contributed by atoms with van der Waals surface area (Å²) in [4.78, 5) is 22.0. The molecule has 0 unspecified atom stereocenters. The van der Waals surface area contributed by atoms with E-state index in [1.165, 1.54) is 0 Å². The van der Waals surface area contributed by atoms with Crippen LogP contribution >= 0.6 is 0 Å². The number of amides is 3. The van der Waals surface area contributed by atoms with Crippen LogP contribution in [-0.2, 0) is 4.79 Å². The van der Waals surface area contributed by atoms with Crippen molar-refractivity contribution in [1.29, 1.82) is 0 Å². The molecule has 0 atom stereocenters. The molecule has 0 radical (unpaired) electrons. The van der Waals surface area contributed by atoms with E-state index in [0.717, 1.165) is 4.90 Å². The zero-order valence-electron chi connectivity index (χ0n) is 6.26. The Bertz CT molecular complexity index is 125. The zero-order chi connectivity index (χ0) is 7.98. The molecule has 0 spiro atoms. The molecule has 0 rings (SSSR count). The molecular weight excluding hydrogens is 132 g/mol. The Morgan fingerprint density at radius 1 is 1.60 bits per heavy atom. The molecule has 3 amide bonds. The van der Waals surface area contributed by atoms with Crippen LogP contribution < -0.4 is 5.32 Å². The van der Waals surface area contributed by atoms with Crippen LogP contribution in [0.3, 0.4) is 0 Å². The van der Waals surface area contributed by atoms with Gasteiger partial charge in [-0.25, -0.2) is 4.79 Å². The lowest BCUT2D eigenvalue weighted by Crippen LogP contribution is -2.38. The second-order valence-corrected chi connectivity index (χ2v) is 1.73. The van der Waals surface area contributed by atoms with Crippen molar-refractivity contribution in [2.75, 3.05) is 13.1 Å². The third kappa shape index (κ3) is 2.48. The summed E-state index contributed by atoms with van der Waals surface area (Å²) in [5, 5.41) is 2.50. The number of rotatable bonds is 3. The monoisotopic (exact) mass is 144 g/mol. The summed E-state index contributed by atoms with van der Waals surface area (Å²) in [5.74, 6) is 0. The van der Waals surface area contributed by atoms with Crippen molar-refractivity contribution in [3.63, 3.8) is 0 Å². The predicted molar refractivity (Wildman–Crippen MR) is 37.5 cm³/mol. The van der Waals surface area contributed by atoms with Gasteiger partial charge in [-0.3, -0.25) is 9.69 Å². The quantitative estimate of drug-likeness (QED) is 0.575. The second kappa shape index (κ2) is 4.78. The van der Waals surface area contributed by atoms with Crippen LogP contribution in [0.1, 0.15) is 13.8 Å². The van der Waals surface area contributed by atoms with Crippen LogP contribution in [0.4, 0.5) is 4.79 Å². The summed E-state index contributed by atoms with van der Waals surface area (Å²) in [6, 6.07) is -0.333. The highest BCUT2D eigenvalue weighted by Crippen LogP contribution is 1.81. The Balaban J connectivity index is 3.76. The molecule has 1 N–H and O–H groups in total. The van der Waals surface area contributed by atoms with Crippen molar-refractivity contribution in [1.82, 2.24) is 10.2 Å². The Morgan fingerprint density at radius 2 is 2.20 bits per heavy atom. The Morgan fingerprint density at radius 3 is 2.50 bits per heavy atom. The molecule has 0 saturated heterocycles. The van der Waals surface area contributed by atoms with Gasteiger partial charge >= 0.3 is 6.03 Å². The minimum atomic E-state index is -0.333. The fourth-order valence-electron chi connectivity index (χ4n) is 0.519. The molecule has 4 heteroatoms. The number of urea groups is 1. The molecule has 10 heavy (non-hydrogen) atoms. The first-order valence-corrected chi connectivity index (χ1v) is 3.26. The standard InChI is InChI=1S/C6H12N2O2/c1-3-7-6(10)8(4-2)5-9/h5H,3-4H2,1-2H3,(H,7,10). The van der Waals surface area contributed by atoms with E-state index < -0.39 is 0 Å². The molecular formula is C6H12N2O2. The topological polar surface area (TPSA) is 49.4 Å². The Kier molecular flexibility index (Phi) is 4.28. The number of carbonyl (C=O) groups is 2. The van der Waals surface area contributed by atoms with Crippen LogP contribution in [0.2, 0.25) is 0 Å². The van der Waals surface area contributed by atoms with E-state index in [1.54, 1.807) is 13.8 Å². The van der Waals surface area contributed by atoms with E-state index in [1.807, 2.05) is 0 Å². The summed E-state index contributed by atoms with van der Waals surface area (Å²) in [6.07, 6.45) is 0.519. The van der Waals surface area contributed by atoms with Crippen molar-refractivity contribution < 1.29 is 9.59 Å². The Labute approximate surface area is 60.2 Å². The molecule has 0 aromatic heterocycles. The SMILES string of the molecule is CCNC(=O)N(C=O)CC. The Hall–Kier alpha value is -1.06. The van der Waals surface area contributed by atoms with Gasteiger partial charge < -0.3 is 5.32 Å². The maximum atomic E-state index is 10.8. The van der Waals surface area contributed by atoms with E-state index in [4.69, 9.17) is 0 Å². The second-order valence-electron chi connectivity index (χ2n) is 1.73. The van der Waals surface area contributed by atoms with E-state index in [-0.39, 0.29) is 6.03 Å². The van der Waals surface area contributed by atoms with E-state index in [2.05, 4.69) is 5.32 Å². The third-order valence-corrected chi connectivity index (χ3v) is 1.06. The minimum absolute atomic E-state index is 0.333. The molecule has 0 aliphatic heterocycles. The lowest BCUT2D eigenvalue weighted by atomic mass is 10.6. The number of hydrogen-bond donors (Lipinski definition) is 1. The van der Waals surface area contributed by atoms with Gasteiger partial charge in [-0.15, -0.1) is 0 Å². The molecule has 0 aliphatic rings. The normalized spacial score (nSPS) is 8.60. The van der Waals surface area contributed by atoms with E-state index in [9.17, 15) is 9.59 Å². The predicted octanol–water partition coefficient (Wildman–Crippen LogP) is 0.194. The molecule has 0 saturated carbocycles. The lowest BCUT2D eigenvalue weighted by molar-refractivity contribution is -0.115. The lowest BCUT2D eigenvalue weighted by Gasteiger charge is -2.11. The maximum Gasteiger partial charge on any atom is 0.323 e. The van der Waals surface area contributed by atoms with Gasteiger partial charge in [0.1, 0.15) is 0 Å². The number of carbonyl (C=O) groups excluding carboxylic acids is 2. The first kappa shape index (κ1) is 8.94. The van der Waals surface area contributed by atoms with Gasteiger partial charge in [0.2, 0.25) is 6.41 Å². The van der Waals surface area contributed by atoms with Gasteiger partial charge in [-0.1, -0.05) is 0 Å². The molecule has 58 valence electrons. The molecule has 0 fully saturated rings. The summed E-state index contributed by atoms with van der Waals surface area (Å²) in [6.45, 7) is 4.50. The molecule has 0 heterocycles. The highest BCUT2D eigenvalue weighted by atomic mass is 16.2. The molecule has 0 aromatic rings. The minimum Gasteiger partial charge on any atom is -0.338 e. The first-order valence-electron chi connectivity index (χ1n) is 3.26. The summed E-state index contributed by atoms with van der Waals surface area (Å²) < 4.78 is 0. The van der Waals surface area contributed by atoms with Gasteiger partial charge in [0.15, 0.2) is 0 Å². The van der Waals surface area contributed by atoms with Crippen molar-refractivity contribution in [3.8, 4) is 0 Å². The van der Waals surface area contributed by atoms with Gasteiger partial charge in [0.25, 0.3) is 0 Å². The number of nitrogens with zero attached hydrogens (tertiary/aromatic N) is 1. The molecule has 4 nitrogen and oxygen atoms in total. The van der Waals surface area contributed by atoms with Gasteiger partial charge in [-0.05, 0) is 13.8 Å². The summed E-state index contributed by atoms with van der Waals surface area (Å²) in [7, 11) is 0. The van der Waals surface area contributed by atoms with E-state index in [0.29, 0.717) is 19.5 Å². The van der Waals surface area contributed by atoms with Crippen molar-refractivity contribution in [2.45, 2.75) is 13.8 Å². The van der Waals surface area contributed by atoms with Crippen LogP contribution in [0.25, 0.3) is 0 Å². The van der Waals surface area contributed by atoms with Gasteiger partial charge in [-0.2, -0.15) is 0 Å². The van der Waals surface area contributed by atoms with Gasteiger partial charge in [0, 0.05) is 13.1 Å². The van der Waals surface area contributed by atoms with Crippen molar-refractivity contribution in [2.24, 2.45) is 0 Å². The fourth-order valence-corrected chi connectivity index (χ4v) is 0.519. The zero-order valence-corrected chi connectivity index (χ0v) is 6.26. The molecule has 0 bridgehead atoms. The molecule has 0 aromatic carbocycles. The first-order chi connectivity index (χ1) is 4.76. The van der Waals surface area contributed by atoms with E-state index >= 15 is 0 Å². The van der Waals surface area contributed by atoms with Crippen LogP contribution in [0.5, 0.6) is 0 Å². The van der Waals surface area contributed by atoms with Crippen molar-refractivity contribution >= 4 is 12.4 Å². The van der Waals surface area contributed by atoms with Crippen LogP contribution in [-0.4, -0.2) is 30.4 Å². The highest BCUT2D eigenvalue weighted by Gasteiger charge is 2.06. The molecule has 0 aliphatic carbocycles. The smallest absolute Gasteiger partial charge is 0.323 e. The summed E-state index contributed by atoms with van der Waals surface area (Å²) in [5.41, 5.74) is 0. The third-order valence-electron chi connectivity index (χ3n) is 1.06. The fraction of sp³-hybridized carbons (Fsp3) is 0.667. The number of hydrogen-bond acceptors (Lipinski definition) is 2. The van der Waals surface area contributed by atoms with Crippen molar-refractivity contribution in [3.05, 3.63) is 0 Å². The average molecular weight is 144 g/mol. The average Bonchev–Trinajstić information content (AvgIpc) is 1.91. The largest absolute Gasteiger partial charge is 0.338 e. The summed E-state index contributed by atoms with van der Waals surface area (Å²) >= 11 is 0. The maximum absolute atomic E-state index is 10.8. The van der Waals surface area contributed by atoms with Crippen LogP contribution in [0, 0.1) is 0 Å². The highest BCUT2D eigenvalue weighted by molar-refractivity contribution is 5.84. The number of imide groups is 1. The number of nitrogens with one attached hydrogen (secondary N) is 1. The van der Waals surface area contributed by atoms with Gasteiger partial charge in [0.05, 0.1) is 0 Å². The van der Waals surface area contributed by atoms with Crippen LogP contribution in [0.15, 0.2) is 0 Å².